The summed E-state index contributed by atoms with van der Waals surface area (Å²) in [4.78, 5) is 26.1. The number of halogens is 1. The van der Waals surface area contributed by atoms with Crippen LogP contribution in [0.25, 0.3) is 22.5 Å². The van der Waals surface area contributed by atoms with E-state index in [9.17, 15) is 20.0 Å². The van der Waals surface area contributed by atoms with Gasteiger partial charge in [0.15, 0.2) is 11.5 Å². The van der Waals surface area contributed by atoms with Gasteiger partial charge in [-0.3, -0.25) is 9.59 Å². The minimum atomic E-state index is -0.166. The molecule has 2 amide bonds. The highest BCUT2D eigenvalue weighted by atomic mass is 35.5. The van der Waals surface area contributed by atoms with Crippen LogP contribution >= 0.6 is 11.6 Å². The maximum absolute atomic E-state index is 13.1. The number of carbonyl (C=O) groups excluding carboxylic acids is 2. The van der Waals surface area contributed by atoms with Gasteiger partial charge in [-0.05, 0) is 77.8 Å². The summed E-state index contributed by atoms with van der Waals surface area (Å²) in [6.07, 6.45) is 1.54. The van der Waals surface area contributed by atoms with Crippen LogP contribution < -0.4 is 20.1 Å². The van der Waals surface area contributed by atoms with Crippen molar-refractivity contribution in [2.75, 3.05) is 32.8 Å². The van der Waals surface area contributed by atoms with Crippen LogP contribution in [0.2, 0.25) is 5.02 Å². The zero-order chi connectivity index (χ0) is 38.7. The van der Waals surface area contributed by atoms with Crippen molar-refractivity contribution in [2.24, 2.45) is 5.92 Å². The Hall–Kier alpha value is -5.67. The molecule has 0 aliphatic carbocycles. The van der Waals surface area contributed by atoms with Gasteiger partial charge in [0.1, 0.15) is 24.7 Å². The highest BCUT2D eigenvalue weighted by Gasteiger charge is 2.26. The van der Waals surface area contributed by atoms with Crippen LogP contribution in [0.1, 0.15) is 58.1 Å². The second-order valence-electron chi connectivity index (χ2n) is 13.6. The Morgan fingerprint density at radius 2 is 1.71 bits per heavy atom. The first-order chi connectivity index (χ1) is 26.7. The predicted molar refractivity (Wildman–Crippen MR) is 209 cm³/mol. The summed E-state index contributed by atoms with van der Waals surface area (Å²) in [5.74, 6) is 1.53. The SMILES string of the molecule is CC(=O)NCCNCc1cc(Cl)c(OCc2cccc(-c3cccc(-c4cc(C(=O)N5CCC(CO)CC5)no4)c3)c2C)cc1OCc1cccc(C#N)c1. The number of hydrogen-bond acceptors (Lipinski definition) is 9. The highest BCUT2D eigenvalue weighted by molar-refractivity contribution is 6.32. The Kier molecular flexibility index (Phi) is 13.2. The molecule has 0 bridgehead atoms. The molecule has 5 aromatic rings. The van der Waals surface area contributed by atoms with E-state index in [-0.39, 0.29) is 43.2 Å². The number of nitrogens with zero attached hydrogens (tertiary/aromatic N) is 3. The summed E-state index contributed by atoms with van der Waals surface area (Å²) < 4.78 is 18.3. The van der Waals surface area contributed by atoms with E-state index in [0.29, 0.717) is 60.6 Å². The van der Waals surface area contributed by atoms with Crippen LogP contribution in [-0.4, -0.2) is 59.8 Å². The number of amides is 2. The number of carbonyl (C=O) groups is 2. The molecule has 12 heteroatoms. The monoisotopic (exact) mass is 761 g/mol. The van der Waals surface area contributed by atoms with Crippen molar-refractivity contribution in [3.05, 3.63) is 123 Å². The fraction of sp³-hybridized carbons (Fsp3) is 0.302. The van der Waals surface area contributed by atoms with E-state index in [1.807, 2.05) is 61.5 Å². The standard InChI is InChI=1S/C43H44ClN5O6/c1-28-35(10-5-11-37(28)33-8-4-9-34(19-33)41-21-39(48-55-41)43(52)49-16-12-30(25-50)13-17-49)27-54-42-22-40(53-26-32-7-3-6-31(18-32)23-45)36(20-38(42)44)24-46-14-15-47-29(2)51/h3-11,18-22,30,46,50H,12-17,24-27H2,1-2H3,(H,47,51). The molecule has 0 unspecified atom stereocenters. The molecular formula is C43H44ClN5O6. The lowest BCUT2D eigenvalue weighted by Crippen LogP contribution is -2.39. The second-order valence-corrected chi connectivity index (χ2v) is 14.0. The number of piperidine rings is 1. The van der Waals surface area contributed by atoms with E-state index in [1.165, 1.54) is 6.92 Å². The van der Waals surface area contributed by atoms with E-state index in [1.54, 1.807) is 29.2 Å². The van der Waals surface area contributed by atoms with Crippen LogP contribution in [0, 0.1) is 24.2 Å². The molecule has 1 aliphatic heterocycles. The minimum absolute atomic E-state index is 0.0917. The van der Waals surface area contributed by atoms with Gasteiger partial charge in [0.2, 0.25) is 5.91 Å². The Balaban J connectivity index is 1.16. The number of rotatable bonds is 15. The second kappa shape index (κ2) is 18.6. The fourth-order valence-corrected chi connectivity index (χ4v) is 6.78. The summed E-state index contributed by atoms with van der Waals surface area (Å²) in [5, 5.41) is 29.4. The van der Waals surface area contributed by atoms with Crippen LogP contribution in [0.3, 0.4) is 0 Å². The number of nitrogens with one attached hydrogen (secondary N) is 2. The molecule has 0 spiro atoms. The van der Waals surface area contributed by atoms with Crippen molar-refractivity contribution in [2.45, 2.75) is 46.4 Å². The van der Waals surface area contributed by atoms with Gasteiger partial charge in [-0.25, -0.2) is 0 Å². The van der Waals surface area contributed by atoms with Crippen molar-refractivity contribution in [1.29, 1.82) is 5.26 Å². The number of benzene rings is 4. The summed E-state index contributed by atoms with van der Waals surface area (Å²) >= 11 is 6.78. The largest absolute Gasteiger partial charge is 0.488 e. The number of aliphatic hydroxyl groups excluding tert-OH is 1. The molecule has 1 saturated heterocycles. The van der Waals surface area contributed by atoms with Gasteiger partial charge in [0, 0.05) is 69.5 Å². The lowest BCUT2D eigenvalue weighted by molar-refractivity contribution is -0.118. The van der Waals surface area contributed by atoms with E-state index < -0.39 is 0 Å². The molecule has 4 aromatic carbocycles. The summed E-state index contributed by atoms with van der Waals surface area (Å²) in [5.41, 5.74) is 7.27. The van der Waals surface area contributed by atoms with E-state index in [4.69, 9.17) is 25.6 Å². The molecule has 1 fully saturated rings. The third kappa shape index (κ3) is 10.1. The maximum Gasteiger partial charge on any atom is 0.276 e. The van der Waals surface area contributed by atoms with Gasteiger partial charge in [0.05, 0.1) is 16.7 Å². The molecule has 6 rings (SSSR count). The van der Waals surface area contributed by atoms with Gasteiger partial charge in [-0.1, -0.05) is 65.3 Å². The summed E-state index contributed by atoms with van der Waals surface area (Å²) in [6, 6.07) is 28.7. The molecule has 1 aromatic heterocycles. The summed E-state index contributed by atoms with van der Waals surface area (Å²) in [6.45, 7) is 6.83. The van der Waals surface area contributed by atoms with Gasteiger partial charge < -0.3 is 34.6 Å². The first-order valence-corrected chi connectivity index (χ1v) is 18.7. The van der Waals surface area contributed by atoms with Gasteiger partial charge in [0.25, 0.3) is 5.91 Å². The van der Waals surface area contributed by atoms with Crippen LogP contribution in [0.5, 0.6) is 11.5 Å². The smallest absolute Gasteiger partial charge is 0.276 e. The van der Waals surface area contributed by atoms with E-state index in [2.05, 4.69) is 27.9 Å². The van der Waals surface area contributed by atoms with Crippen molar-refractivity contribution in [1.82, 2.24) is 20.7 Å². The number of nitriles is 1. The average molecular weight is 762 g/mol. The minimum Gasteiger partial charge on any atom is -0.488 e. The molecule has 1 aliphatic rings. The van der Waals surface area contributed by atoms with Crippen LogP contribution in [-0.2, 0) is 24.6 Å². The third-order valence-corrected chi connectivity index (χ3v) is 10.0. The Morgan fingerprint density at radius 3 is 2.49 bits per heavy atom. The Morgan fingerprint density at radius 1 is 0.945 bits per heavy atom. The van der Waals surface area contributed by atoms with Gasteiger partial charge in [-0.2, -0.15) is 5.26 Å². The van der Waals surface area contributed by atoms with Crippen molar-refractivity contribution < 1.29 is 28.7 Å². The molecule has 0 atom stereocenters. The van der Waals surface area contributed by atoms with Crippen LogP contribution in [0.15, 0.2) is 89.5 Å². The molecule has 55 heavy (non-hydrogen) atoms. The van der Waals surface area contributed by atoms with Gasteiger partial charge in [-0.15, -0.1) is 0 Å². The first-order valence-electron chi connectivity index (χ1n) is 18.3. The molecule has 11 nitrogen and oxygen atoms in total. The van der Waals surface area contributed by atoms with Crippen molar-refractivity contribution in [3.8, 4) is 40.0 Å². The number of aliphatic hydroxyl groups is 1. The third-order valence-electron chi connectivity index (χ3n) is 9.73. The average Bonchev–Trinajstić information content (AvgIpc) is 3.71. The Labute approximate surface area is 325 Å². The number of aromatic nitrogens is 1. The first kappa shape index (κ1) is 39.0. The number of likely N-dealkylation sites (tertiary alicyclic amines) is 1. The topological polar surface area (TPSA) is 150 Å². The van der Waals surface area contributed by atoms with Crippen molar-refractivity contribution in [3.63, 3.8) is 0 Å². The molecule has 0 saturated carbocycles. The van der Waals surface area contributed by atoms with E-state index in [0.717, 1.165) is 51.8 Å². The molecule has 0 radical (unpaired) electrons. The molecule has 284 valence electrons. The van der Waals surface area contributed by atoms with Crippen LogP contribution in [0.4, 0.5) is 0 Å². The predicted octanol–water partition coefficient (Wildman–Crippen LogP) is 7.07. The molecule has 3 N–H and O–H groups in total. The quantitative estimate of drug-likeness (QED) is 0.0953. The lowest BCUT2D eigenvalue weighted by atomic mass is 9.95. The Bertz CT molecular complexity index is 2170. The molecule has 2 heterocycles. The number of hydrogen-bond donors (Lipinski definition) is 3. The van der Waals surface area contributed by atoms with Crippen molar-refractivity contribution >= 4 is 23.4 Å². The highest BCUT2D eigenvalue weighted by Crippen LogP contribution is 2.35. The van der Waals surface area contributed by atoms with E-state index >= 15 is 0 Å². The zero-order valence-corrected chi connectivity index (χ0v) is 31.7. The van der Waals surface area contributed by atoms with Gasteiger partial charge >= 0.3 is 0 Å². The number of ether oxygens (including phenoxy) is 2. The zero-order valence-electron chi connectivity index (χ0n) is 30.9. The summed E-state index contributed by atoms with van der Waals surface area (Å²) in [7, 11) is 0. The fourth-order valence-electron chi connectivity index (χ4n) is 6.54. The lowest BCUT2D eigenvalue weighted by Gasteiger charge is -2.30. The molecular weight excluding hydrogens is 718 g/mol. The maximum atomic E-state index is 13.1. The normalized spacial score (nSPS) is 13.0.